The smallest absolute Gasteiger partial charge is 0.303 e. The third kappa shape index (κ3) is 17.0. The van der Waals surface area contributed by atoms with E-state index in [0.29, 0.717) is 19.3 Å². The fraction of sp³-hybridized carbons (Fsp3) is 0.435. The molecular weight excluding hydrogens is 340 g/mol. The molecule has 3 unspecified atom stereocenters. The zero-order valence-corrected chi connectivity index (χ0v) is 16.4. The molecule has 0 radical (unpaired) electrons. The number of aliphatic carboxylic acids is 1. The van der Waals surface area contributed by atoms with Crippen LogP contribution < -0.4 is 0 Å². The zero-order chi connectivity index (χ0) is 20.3. The highest BCUT2D eigenvalue weighted by molar-refractivity contribution is 5.66. The molecule has 4 nitrogen and oxygen atoms in total. The Kier molecular flexibility index (Phi) is 15.9. The first kappa shape index (κ1) is 24.8. The van der Waals surface area contributed by atoms with E-state index in [1.54, 1.807) is 12.2 Å². The maximum absolute atomic E-state index is 10.4. The molecule has 0 aliphatic carbocycles. The molecule has 0 aromatic carbocycles. The lowest BCUT2D eigenvalue weighted by Gasteiger charge is -2.12. The maximum atomic E-state index is 10.4. The van der Waals surface area contributed by atoms with Crippen LogP contribution in [0.15, 0.2) is 72.9 Å². The Bertz CT molecular complexity index is 553. The van der Waals surface area contributed by atoms with Gasteiger partial charge >= 0.3 is 5.97 Å². The molecule has 0 amide bonds. The first-order valence-corrected chi connectivity index (χ1v) is 9.53. The van der Waals surface area contributed by atoms with Crippen LogP contribution in [0.3, 0.4) is 0 Å². The summed E-state index contributed by atoms with van der Waals surface area (Å²) in [5, 5.41) is 28.3. The number of hydrogen-bond donors (Lipinski definition) is 3. The van der Waals surface area contributed by atoms with Gasteiger partial charge in [-0.25, -0.2) is 0 Å². The van der Waals surface area contributed by atoms with Gasteiger partial charge in [-0.1, -0.05) is 86.8 Å². The number of rotatable bonds is 14. The standard InChI is InChI=1S/C23H34O4/c1-3-4-10-16-21(24)17-12-8-6-5-7-11-15-20(2)22(25)18-13-9-14-19-23(26)27/h4-13,15,17,20-22,24-25H,3,14,16,18-19H2,1-2H3,(H,26,27)/b7-5+,8-6-,10-4-,13-9-,15-11+,17-12+. The second-order valence-electron chi connectivity index (χ2n) is 6.29. The summed E-state index contributed by atoms with van der Waals surface area (Å²) < 4.78 is 0. The Balaban J connectivity index is 4.06. The van der Waals surface area contributed by atoms with E-state index < -0.39 is 18.2 Å². The third-order valence-corrected chi connectivity index (χ3v) is 3.76. The van der Waals surface area contributed by atoms with Gasteiger partial charge in [0, 0.05) is 12.3 Å². The number of hydrogen-bond acceptors (Lipinski definition) is 3. The molecular formula is C23H34O4. The van der Waals surface area contributed by atoms with Gasteiger partial charge in [0.1, 0.15) is 0 Å². The van der Waals surface area contributed by atoms with Gasteiger partial charge in [0.25, 0.3) is 0 Å². The summed E-state index contributed by atoms with van der Waals surface area (Å²) in [5.74, 6) is -0.804. The van der Waals surface area contributed by atoms with Crippen LogP contribution in [0.1, 0.15) is 46.0 Å². The summed E-state index contributed by atoms with van der Waals surface area (Å²) in [7, 11) is 0. The molecule has 3 atom stereocenters. The van der Waals surface area contributed by atoms with E-state index in [-0.39, 0.29) is 12.3 Å². The van der Waals surface area contributed by atoms with E-state index in [2.05, 4.69) is 6.92 Å². The number of allylic oxidation sites excluding steroid dienone is 8. The summed E-state index contributed by atoms with van der Waals surface area (Å²) >= 11 is 0. The lowest BCUT2D eigenvalue weighted by molar-refractivity contribution is -0.136. The van der Waals surface area contributed by atoms with Gasteiger partial charge in [-0.2, -0.15) is 0 Å². The van der Waals surface area contributed by atoms with E-state index >= 15 is 0 Å². The lowest BCUT2D eigenvalue weighted by atomic mass is 10.0. The van der Waals surface area contributed by atoms with Crippen LogP contribution >= 0.6 is 0 Å². The molecule has 3 N–H and O–H groups in total. The minimum absolute atomic E-state index is 0.00831. The number of aliphatic hydroxyl groups excluding tert-OH is 2. The van der Waals surface area contributed by atoms with Crippen LogP contribution in [0.4, 0.5) is 0 Å². The Labute approximate surface area is 163 Å². The van der Waals surface area contributed by atoms with Crippen molar-refractivity contribution >= 4 is 5.97 Å². The highest BCUT2D eigenvalue weighted by Gasteiger charge is 2.08. The Morgan fingerprint density at radius 3 is 2.07 bits per heavy atom. The van der Waals surface area contributed by atoms with Crippen LogP contribution in [0.5, 0.6) is 0 Å². The molecule has 0 saturated carbocycles. The van der Waals surface area contributed by atoms with E-state index in [4.69, 9.17) is 5.11 Å². The van der Waals surface area contributed by atoms with E-state index in [1.807, 2.05) is 67.7 Å². The van der Waals surface area contributed by atoms with Crippen molar-refractivity contribution in [3.8, 4) is 0 Å². The normalized spacial score (nSPS) is 16.6. The van der Waals surface area contributed by atoms with Crippen LogP contribution in [-0.2, 0) is 4.79 Å². The van der Waals surface area contributed by atoms with E-state index in [0.717, 1.165) is 6.42 Å². The average molecular weight is 375 g/mol. The first-order valence-electron chi connectivity index (χ1n) is 9.53. The van der Waals surface area contributed by atoms with E-state index in [9.17, 15) is 15.0 Å². The van der Waals surface area contributed by atoms with Crippen molar-refractivity contribution in [3.63, 3.8) is 0 Å². The predicted molar refractivity (Wildman–Crippen MR) is 112 cm³/mol. The fourth-order valence-electron chi connectivity index (χ4n) is 2.07. The second-order valence-corrected chi connectivity index (χ2v) is 6.29. The molecule has 27 heavy (non-hydrogen) atoms. The van der Waals surface area contributed by atoms with Crippen molar-refractivity contribution in [2.45, 2.75) is 58.2 Å². The molecule has 4 heteroatoms. The first-order chi connectivity index (χ1) is 13.0. The van der Waals surface area contributed by atoms with Gasteiger partial charge < -0.3 is 15.3 Å². The molecule has 0 saturated heterocycles. The fourth-order valence-corrected chi connectivity index (χ4v) is 2.07. The topological polar surface area (TPSA) is 77.8 Å². The molecule has 150 valence electrons. The van der Waals surface area contributed by atoms with Gasteiger partial charge in [-0.15, -0.1) is 0 Å². The summed E-state index contributed by atoms with van der Waals surface area (Å²) in [6, 6.07) is 0. The Hall–Kier alpha value is -2.17. The molecule has 0 aliphatic heterocycles. The van der Waals surface area contributed by atoms with Crippen molar-refractivity contribution in [2.75, 3.05) is 0 Å². The van der Waals surface area contributed by atoms with E-state index in [1.165, 1.54) is 0 Å². The highest BCUT2D eigenvalue weighted by Crippen LogP contribution is 2.10. The summed E-state index contributed by atoms with van der Waals surface area (Å²) in [6.07, 6.45) is 24.3. The van der Waals surface area contributed by atoms with Crippen molar-refractivity contribution < 1.29 is 20.1 Å². The van der Waals surface area contributed by atoms with Crippen molar-refractivity contribution in [1.82, 2.24) is 0 Å². The van der Waals surface area contributed by atoms with Crippen LogP contribution in [0, 0.1) is 5.92 Å². The summed E-state index contributed by atoms with van der Waals surface area (Å²) in [5.41, 5.74) is 0. The quantitative estimate of drug-likeness (QED) is 0.303. The van der Waals surface area contributed by atoms with Crippen molar-refractivity contribution in [3.05, 3.63) is 72.9 Å². The summed E-state index contributed by atoms with van der Waals surface area (Å²) in [4.78, 5) is 10.4. The minimum Gasteiger partial charge on any atom is -0.481 e. The molecule has 0 fully saturated rings. The third-order valence-electron chi connectivity index (χ3n) is 3.76. The monoisotopic (exact) mass is 374 g/mol. The number of carboxylic acid groups (broad SMARTS) is 1. The zero-order valence-electron chi connectivity index (χ0n) is 16.4. The average Bonchev–Trinajstić information content (AvgIpc) is 2.63. The Morgan fingerprint density at radius 1 is 0.852 bits per heavy atom. The number of carbonyl (C=O) groups is 1. The van der Waals surface area contributed by atoms with Gasteiger partial charge in [-0.3, -0.25) is 4.79 Å². The predicted octanol–water partition coefficient (Wildman–Crippen LogP) is 4.74. The number of aliphatic hydroxyl groups is 2. The molecule has 0 aliphatic rings. The van der Waals surface area contributed by atoms with Gasteiger partial charge in [0.2, 0.25) is 0 Å². The van der Waals surface area contributed by atoms with Crippen LogP contribution in [0.2, 0.25) is 0 Å². The number of carboxylic acids is 1. The van der Waals surface area contributed by atoms with Crippen molar-refractivity contribution in [1.29, 1.82) is 0 Å². The second kappa shape index (κ2) is 17.3. The minimum atomic E-state index is -0.812. The summed E-state index contributed by atoms with van der Waals surface area (Å²) in [6.45, 7) is 4.00. The molecule has 0 aromatic rings. The van der Waals surface area contributed by atoms with Gasteiger partial charge in [0.15, 0.2) is 0 Å². The van der Waals surface area contributed by atoms with Crippen molar-refractivity contribution in [2.24, 2.45) is 5.92 Å². The largest absolute Gasteiger partial charge is 0.481 e. The molecule has 0 heterocycles. The van der Waals surface area contributed by atoms with Gasteiger partial charge in [0.05, 0.1) is 12.2 Å². The van der Waals surface area contributed by atoms with Crippen LogP contribution in [0.25, 0.3) is 0 Å². The molecule has 0 rings (SSSR count). The Morgan fingerprint density at radius 2 is 1.44 bits per heavy atom. The molecule has 0 spiro atoms. The highest BCUT2D eigenvalue weighted by atomic mass is 16.4. The molecule has 0 aromatic heterocycles. The van der Waals surface area contributed by atoms with Crippen LogP contribution in [-0.4, -0.2) is 33.5 Å². The molecule has 0 bridgehead atoms. The SMILES string of the molecule is CC/C=C\CC(O)/C=C/C=C\C=C\C=C\C(C)C(O)C/C=C\CCC(=O)O. The maximum Gasteiger partial charge on any atom is 0.303 e. The lowest BCUT2D eigenvalue weighted by Crippen LogP contribution is -2.14. The van der Waals surface area contributed by atoms with Gasteiger partial charge in [-0.05, 0) is 25.7 Å².